The van der Waals surface area contributed by atoms with Crippen molar-refractivity contribution in [2.75, 3.05) is 12.0 Å². The van der Waals surface area contributed by atoms with Gasteiger partial charge < -0.3 is 5.73 Å². The van der Waals surface area contributed by atoms with E-state index in [0.29, 0.717) is 5.69 Å². The van der Waals surface area contributed by atoms with E-state index in [1.807, 2.05) is 18.2 Å². The first kappa shape index (κ1) is 10.4. The van der Waals surface area contributed by atoms with Gasteiger partial charge in [-0.2, -0.15) is 0 Å². The minimum absolute atomic E-state index is 0.113. The summed E-state index contributed by atoms with van der Waals surface area (Å²) in [7, 11) is -3.15. The van der Waals surface area contributed by atoms with Gasteiger partial charge in [-0.05, 0) is 36.1 Å². The summed E-state index contributed by atoms with van der Waals surface area (Å²) in [6, 6.07) is 5.56. The highest BCUT2D eigenvalue weighted by Gasteiger charge is 2.24. The second-order valence-electron chi connectivity index (χ2n) is 3.94. The molecule has 1 aliphatic carbocycles. The lowest BCUT2D eigenvalue weighted by Gasteiger charge is -2.12. The van der Waals surface area contributed by atoms with Crippen molar-refractivity contribution in [2.45, 2.75) is 18.9 Å². The molecule has 0 saturated heterocycles. The number of nitrogens with two attached hydrogens (primary N) is 1. The van der Waals surface area contributed by atoms with E-state index in [2.05, 4.69) is 4.72 Å². The van der Waals surface area contributed by atoms with Crippen molar-refractivity contribution < 1.29 is 8.42 Å². The van der Waals surface area contributed by atoms with Gasteiger partial charge in [0, 0.05) is 11.7 Å². The molecule has 0 aliphatic heterocycles. The van der Waals surface area contributed by atoms with Crippen molar-refractivity contribution in [3.63, 3.8) is 0 Å². The van der Waals surface area contributed by atoms with Gasteiger partial charge in [0.15, 0.2) is 0 Å². The second kappa shape index (κ2) is 3.50. The maximum Gasteiger partial charge on any atom is 0.209 e. The Kier molecular flexibility index (Phi) is 2.44. The molecule has 0 spiro atoms. The first-order valence-corrected chi connectivity index (χ1v) is 6.70. The zero-order valence-corrected chi connectivity index (χ0v) is 9.34. The summed E-state index contributed by atoms with van der Waals surface area (Å²) in [5.74, 6) is 0. The molecule has 0 aromatic heterocycles. The number of aryl methyl sites for hydroxylation is 1. The van der Waals surface area contributed by atoms with E-state index in [9.17, 15) is 8.42 Å². The number of hydrogen-bond donors (Lipinski definition) is 2. The fraction of sp³-hybridized carbons (Fsp3) is 0.400. The molecule has 2 rings (SSSR count). The molecule has 4 nitrogen and oxygen atoms in total. The van der Waals surface area contributed by atoms with Gasteiger partial charge in [-0.1, -0.05) is 6.07 Å². The SMILES string of the molecule is CS(=O)(=O)NC1CCc2ccc(N)cc21. The van der Waals surface area contributed by atoms with Gasteiger partial charge in [-0.25, -0.2) is 13.1 Å². The first-order chi connectivity index (χ1) is 6.96. The van der Waals surface area contributed by atoms with Crippen molar-refractivity contribution in [1.29, 1.82) is 0 Å². The maximum atomic E-state index is 11.1. The largest absolute Gasteiger partial charge is 0.399 e. The van der Waals surface area contributed by atoms with Gasteiger partial charge in [0.1, 0.15) is 0 Å². The molecule has 1 aliphatic rings. The summed E-state index contributed by atoms with van der Waals surface area (Å²) in [5.41, 5.74) is 8.56. The summed E-state index contributed by atoms with van der Waals surface area (Å²) in [4.78, 5) is 0. The van der Waals surface area contributed by atoms with Crippen LogP contribution in [0.5, 0.6) is 0 Å². The highest BCUT2D eigenvalue weighted by Crippen LogP contribution is 2.32. The minimum Gasteiger partial charge on any atom is -0.399 e. The third-order valence-electron chi connectivity index (χ3n) is 2.60. The van der Waals surface area contributed by atoms with E-state index in [4.69, 9.17) is 5.73 Å². The van der Waals surface area contributed by atoms with E-state index in [1.165, 1.54) is 11.8 Å². The van der Waals surface area contributed by atoms with Crippen LogP contribution >= 0.6 is 0 Å². The molecule has 82 valence electrons. The molecule has 15 heavy (non-hydrogen) atoms. The normalized spacial score (nSPS) is 20.2. The predicted octanol–water partition coefficient (Wildman–Crippen LogP) is 0.805. The Balaban J connectivity index is 2.32. The molecule has 0 amide bonds. The molecule has 1 aromatic rings. The molecular weight excluding hydrogens is 212 g/mol. The number of sulfonamides is 1. The number of fused-ring (bicyclic) bond motifs is 1. The molecule has 0 bridgehead atoms. The van der Waals surface area contributed by atoms with Crippen molar-refractivity contribution in [2.24, 2.45) is 0 Å². The molecular formula is C10H14N2O2S. The molecule has 0 heterocycles. The zero-order valence-electron chi connectivity index (χ0n) is 8.53. The second-order valence-corrected chi connectivity index (χ2v) is 5.72. The lowest BCUT2D eigenvalue weighted by atomic mass is 10.1. The van der Waals surface area contributed by atoms with Crippen molar-refractivity contribution in [3.8, 4) is 0 Å². The summed E-state index contributed by atoms with van der Waals surface area (Å²) >= 11 is 0. The third-order valence-corrected chi connectivity index (χ3v) is 3.32. The van der Waals surface area contributed by atoms with Crippen LogP contribution in [0.2, 0.25) is 0 Å². The molecule has 1 aromatic carbocycles. The van der Waals surface area contributed by atoms with E-state index in [1.54, 1.807) is 0 Å². The Bertz CT molecular complexity index is 482. The van der Waals surface area contributed by atoms with Crippen molar-refractivity contribution >= 4 is 15.7 Å². The van der Waals surface area contributed by atoms with E-state index in [-0.39, 0.29) is 6.04 Å². The van der Waals surface area contributed by atoms with Gasteiger partial charge in [-0.15, -0.1) is 0 Å². The monoisotopic (exact) mass is 226 g/mol. The lowest BCUT2D eigenvalue weighted by molar-refractivity contribution is 0.560. The molecule has 3 N–H and O–H groups in total. The molecule has 1 unspecified atom stereocenters. The Morgan fingerprint density at radius 1 is 1.47 bits per heavy atom. The summed E-state index contributed by atoms with van der Waals surface area (Å²) in [6.45, 7) is 0. The Hall–Kier alpha value is -1.07. The summed E-state index contributed by atoms with van der Waals surface area (Å²) in [6.07, 6.45) is 2.89. The molecule has 1 atom stereocenters. The van der Waals surface area contributed by atoms with Crippen LogP contribution in [-0.4, -0.2) is 14.7 Å². The van der Waals surface area contributed by atoms with Gasteiger partial charge in [-0.3, -0.25) is 0 Å². The number of anilines is 1. The average Bonchev–Trinajstić information content (AvgIpc) is 2.46. The molecule has 0 saturated carbocycles. The smallest absolute Gasteiger partial charge is 0.209 e. The van der Waals surface area contributed by atoms with Crippen LogP contribution < -0.4 is 10.5 Å². The molecule has 0 radical (unpaired) electrons. The number of rotatable bonds is 2. The minimum atomic E-state index is -3.15. The number of benzene rings is 1. The Morgan fingerprint density at radius 3 is 2.87 bits per heavy atom. The van der Waals surface area contributed by atoms with Gasteiger partial charge in [0.2, 0.25) is 10.0 Å². The van der Waals surface area contributed by atoms with Crippen LogP contribution in [0, 0.1) is 0 Å². The fourth-order valence-corrected chi connectivity index (χ4v) is 2.76. The van der Waals surface area contributed by atoms with Gasteiger partial charge >= 0.3 is 0 Å². The van der Waals surface area contributed by atoms with Crippen LogP contribution in [-0.2, 0) is 16.4 Å². The van der Waals surface area contributed by atoms with Gasteiger partial charge in [0.05, 0.1) is 6.26 Å². The maximum absolute atomic E-state index is 11.1. The number of nitrogens with one attached hydrogen (secondary N) is 1. The average molecular weight is 226 g/mol. The van der Waals surface area contributed by atoms with Crippen molar-refractivity contribution in [3.05, 3.63) is 29.3 Å². The predicted molar refractivity (Wildman–Crippen MR) is 59.9 cm³/mol. The van der Waals surface area contributed by atoms with Crippen molar-refractivity contribution in [1.82, 2.24) is 4.72 Å². The summed E-state index contributed by atoms with van der Waals surface area (Å²) < 4.78 is 24.9. The lowest BCUT2D eigenvalue weighted by Crippen LogP contribution is -2.25. The standard InChI is InChI=1S/C10H14N2O2S/c1-15(13,14)12-10-5-3-7-2-4-8(11)6-9(7)10/h2,4,6,10,12H,3,5,11H2,1H3. The quantitative estimate of drug-likeness (QED) is 0.733. The highest BCUT2D eigenvalue weighted by molar-refractivity contribution is 7.88. The van der Waals surface area contributed by atoms with Gasteiger partial charge in [0.25, 0.3) is 0 Å². The number of hydrogen-bond acceptors (Lipinski definition) is 3. The Labute approximate surface area is 89.5 Å². The van der Waals surface area contributed by atoms with Crippen LogP contribution in [0.4, 0.5) is 5.69 Å². The van der Waals surface area contributed by atoms with Crippen LogP contribution in [0.3, 0.4) is 0 Å². The summed E-state index contributed by atoms with van der Waals surface area (Å²) in [5, 5.41) is 0. The van der Waals surface area contributed by atoms with E-state index < -0.39 is 10.0 Å². The highest BCUT2D eigenvalue weighted by atomic mass is 32.2. The Morgan fingerprint density at radius 2 is 2.20 bits per heavy atom. The van der Waals surface area contributed by atoms with E-state index in [0.717, 1.165) is 18.4 Å². The number of nitrogen functional groups attached to an aromatic ring is 1. The van der Waals surface area contributed by atoms with Crippen LogP contribution in [0.25, 0.3) is 0 Å². The van der Waals surface area contributed by atoms with Crippen LogP contribution in [0.15, 0.2) is 18.2 Å². The van der Waals surface area contributed by atoms with E-state index >= 15 is 0 Å². The third kappa shape index (κ3) is 2.30. The van der Waals surface area contributed by atoms with Crippen LogP contribution in [0.1, 0.15) is 23.6 Å². The molecule has 0 fully saturated rings. The fourth-order valence-electron chi connectivity index (χ4n) is 2.00. The zero-order chi connectivity index (χ0) is 11.1. The topological polar surface area (TPSA) is 72.2 Å². The first-order valence-electron chi connectivity index (χ1n) is 4.81. The molecule has 5 heteroatoms.